The Morgan fingerprint density at radius 1 is 1.17 bits per heavy atom. The van der Waals surface area contributed by atoms with Crippen molar-refractivity contribution < 1.29 is 9.90 Å². The minimum Gasteiger partial charge on any atom is -0.383 e. The minimum absolute atomic E-state index is 0.125. The van der Waals surface area contributed by atoms with Crippen molar-refractivity contribution in [1.82, 2.24) is 10.2 Å². The van der Waals surface area contributed by atoms with Crippen molar-refractivity contribution in [2.75, 3.05) is 13.1 Å². The highest BCUT2D eigenvalue weighted by atomic mass is 16.3. The highest BCUT2D eigenvalue weighted by molar-refractivity contribution is 5.74. The third-order valence-electron chi connectivity index (χ3n) is 4.86. The van der Waals surface area contributed by atoms with Crippen LogP contribution in [0.1, 0.15) is 28.7 Å². The van der Waals surface area contributed by atoms with E-state index in [2.05, 4.69) is 31.3 Å². The summed E-state index contributed by atoms with van der Waals surface area (Å²) in [6, 6.07) is 15.7. The van der Waals surface area contributed by atoms with Crippen LogP contribution in [-0.2, 0) is 12.1 Å². The van der Waals surface area contributed by atoms with E-state index in [1.165, 1.54) is 11.1 Å². The van der Waals surface area contributed by atoms with Gasteiger partial charge in [0.05, 0.1) is 6.54 Å². The first-order valence-electron chi connectivity index (χ1n) is 8.35. The summed E-state index contributed by atoms with van der Waals surface area (Å²) in [6.45, 7) is 5.54. The van der Waals surface area contributed by atoms with Crippen LogP contribution in [0.2, 0.25) is 0 Å². The predicted molar refractivity (Wildman–Crippen MR) is 94.7 cm³/mol. The fourth-order valence-corrected chi connectivity index (χ4v) is 3.15. The van der Waals surface area contributed by atoms with Crippen LogP contribution in [-0.4, -0.2) is 29.1 Å². The molecule has 1 aliphatic rings. The number of aliphatic hydroxyl groups is 1. The summed E-state index contributed by atoms with van der Waals surface area (Å²) in [4.78, 5) is 14.1. The van der Waals surface area contributed by atoms with Gasteiger partial charge in [-0.2, -0.15) is 0 Å². The van der Waals surface area contributed by atoms with E-state index in [9.17, 15) is 9.90 Å². The molecule has 1 atom stereocenters. The lowest BCUT2D eigenvalue weighted by Gasteiger charge is -2.24. The second kappa shape index (κ2) is 6.65. The van der Waals surface area contributed by atoms with E-state index in [0.717, 1.165) is 11.1 Å². The first kappa shape index (κ1) is 16.5. The van der Waals surface area contributed by atoms with Gasteiger partial charge in [-0.15, -0.1) is 0 Å². The Balaban J connectivity index is 1.59. The molecule has 0 unspecified atom stereocenters. The summed E-state index contributed by atoms with van der Waals surface area (Å²) in [5.41, 5.74) is 3.48. The number of benzene rings is 2. The molecule has 3 rings (SSSR count). The van der Waals surface area contributed by atoms with Gasteiger partial charge in [-0.1, -0.05) is 48.5 Å². The van der Waals surface area contributed by atoms with Crippen LogP contribution in [0.4, 0.5) is 4.79 Å². The fourth-order valence-electron chi connectivity index (χ4n) is 3.15. The van der Waals surface area contributed by atoms with Crippen LogP contribution in [0.3, 0.4) is 0 Å². The maximum absolute atomic E-state index is 12.4. The molecule has 0 radical (unpaired) electrons. The summed E-state index contributed by atoms with van der Waals surface area (Å²) in [5, 5.41) is 13.8. The predicted octanol–water partition coefficient (Wildman–Crippen LogP) is 3.11. The number of amides is 2. The average molecular weight is 324 g/mol. The van der Waals surface area contributed by atoms with Crippen LogP contribution < -0.4 is 5.32 Å². The highest BCUT2D eigenvalue weighted by Gasteiger charge is 2.39. The molecule has 1 saturated heterocycles. The van der Waals surface area contributed by atoms with E-state index in [0.29, 0.717) is 26.1 Å². The van der Waals surface area contributed by atoms with Gasteiger partial charge in [-0.05, 0) is 42.5 Å². The molecule has 0 aliphatic carbocycles. The molecule has 0 saturated carbocycles. The van der Waals surface area contributed by atoms with Crippen molar-refractivity contribution >= 4 is 6.03 Å². The summed E-state index contributed by atoms with van der Waals surface area (Å²) >= 11 is 0. The van der Waals surface area contributed by atoms with Gasteiger partial charge in [0.1, 0.15) is 5.60 Å². The number of likely N-dealkylation sites (tertiary alicyclic amines) is 1. The summed E-state index contributed by atoms with van der Waals surface area (Å²) in [6.07, 6.45) is 0.564. The number of carbonyl (C=O) groups is 1. The Morgan fingerprint density at radius 2 is 1.92 bits per heavy atom. The standard InChI is InChI=1S/C20H24N2O2/c1-15-8-9-17(12-16(15)2)13-21-19(23)22-11-10-20(24,14-22)18-6-4-3-5-7-18/h3-9,12,24H,10-11,13-14H2,1-2H3,(H,21,23)/t20-/m1/s1. The van der Waals surface area contributed by atoms with Crippen molar-refractivity contribution in [3.63, 3.8) is 0 Å². The molecule has 1 heterocycles. The van der Waals surface area contributed by atoms with Gasteiger partial charge in [0.2, 0.25) is 0 Å². The second-order valence-electron chi connectivity index (χ2n) is 6.65. The van der Waals surface area contributed by atoms with Crippen LogP contribution in [0.25, 0.3) is 0 Å². The molecular weight excluding hydrogens is 300 g/mol. The number of hydrogen-bond donors (Lipinski definition) is 2. The molecule has 2 N–H and O–H groups in total. The SMILES string of the molecule is Cc1ccc(CNC(=O)N2CC[C@](O)(c3ccccc3)C2)cc1C. The van der Waals surface area contributed by atoms with E-state index >= 15 is 0 Å². The Labute approximate surface area is 143 Å². The van der Waals surface area contributed by atoms with Gasteiger partial charge in [0.25, 0.3) is 0 Å². The van der Waals surface area contributed by atoms with E-state index < -0.39 is 5.60 Å². The zero-order chi connectivity index (χ0) is 17.2. The van der Waals surface area contributed by atoms with Crippen LogP contribution in [0, 0.1) is 13.8 Å². The van der Waals surface area contributed by atoms with Gasteiger partial charge in [0.15, 0.2) is 0 Å². The number of aryl methyl sites for hydroxylation is 2. The highest BCUT2D eigenvalue weighted by Crippen LogP contribution is 2.31. The number of rotatable bonds is 3. The first-order valence-corrected chi connectivity index (χ1v) is 8.35. The molecule has 1 fully saturated rings. The van der Waals surface area contributed by atoms with E-state index in [-0.39, 0.29) is 6.03 Å². The van der Waals surface area contributed by atoms with Crippen LogP contribution in [0.5, 0.6) is 0 Å². The van der Waals surface area contributed by atoms with Crippen molar-refractivity contribution in [1.29, 1.82) is 0 Å². The quantitative estimate of drug-likeness (QED) is 0.911. The van der Waals surface area contributed by atoms with E-state index in [1.54, 1.807) is 4.90 Å². The molecular formula is C20H24N2O2. The monoisotopic (exact) mass is 324 g/mol. The van der Waals surface area contributed by atoms with Crippen molar-refractivity contribution in [2.24, 2.45) is 0 Å². The summed E-state index contributed by atoms with van der Waals surface area (Å²) in [7, 11) is 0. The number of urea groups is 1. The van der Waals surface area contributed by atoms with E-state index in [4.69, 9.17) is 0 Å². The molecule has 4 nitrogen and oxygen atoms in total. The smallest absolute Gasteiger partial charge is 0.317 e. The maximum Gasteiger partial charge on any atom is 0.317 e. The topological polar surface area (TPSA) is 52.6 Å². The first-order chi connectivity index (χ1) is 11.5. The van der Waals surface area contributed by atoms with Crippen LogP contribution in [0.15, 0.2) is 48.5 Å². The third kappa shape index (κ3) is 3.44. The van der Waals surface area contributed by atoms with Gasteiger partial charge >= 0.3 is 6.03 Å². The van der Waals surface area contributed by atoms with Crippen molar-refractivity contribution in [2.45, 2.75) is 32.4 Å². The number of hydrogen-bond acceptors (Lipinski definition) is 2. The largest absolute Gasteiger partial charge is 0.383 e. The lowest BCUT2D eigenvalue weighted by molar-refractivity contribution is 0.0494. The fraction of sp³-hybridized carbons (Fsp3) is 0.350. The molecule has 1 aliphatic heterocycles. The molecule has 2 aromatic carbocycles. The van der Waals surface area contributed by atoms with Crippen molar-refractivity contribution in [3.05, 3.63) is 70.8 Å². The Morgan fingerprint density at radius 3 is 2.62 bits per heavy atom. The normalized spacial score (nSPS) is 20.2. The zero-order valence-electron chi connectivity index (χ0n) is 14.2. The number of β-amino-alcohol motifs (C(OH)–C–C–N with tert-alkyl or cyclic N) is 1. The van der Waals surface area contributed by atoms with Crippen molar-refractivity contribution in [3.8, 4) is 0 Å². The van der Waals surface area contributed by atoms with Gasteiger partial charge < -0.3 is 15.3 Å². The lowest BCUT2D eigenvalue weighted by atomic mass is 9.93. The Hall–Kier alpha value is -2.33. The molecule has 4 heteroatoms. The summed E-state index contributed by atoms with van der Waals surface area (Å²) < 4.78 is 0. The van der Waals surface area contributed by atoms with Gasteiger partial charge in [-0.3, -0.25) is 0 Å². The molecule has 0 bridgehead atoms. The number of carbonyl (C=O) groups excluding carboxylic acids is 1. The minimum atomic E-state index is -0.945. The molecule has 2 amide bonds. The summed E-state index contributed by atoms with van der Waals surface area (Å²) in [5.74, 6) is 0. The Kier molecular flexibility index (Phi) is 4.58. The molecule has 126 valence electrons. The number of nitrogens with zero attached hydrogens (tertiary/aromatic N) is 1. The average Bonchev–Trinajstić information content (AvgIpc) is 3.00. The van der Waals surface area contributed by atoms with Gasteiger partial charge in [-0.25, -0.2) is 4.79 Å². The second-order valence-corrected chi connectivity index (χ2v) is 6.65. The lowest BCUT2D eigenvalue weighted by Crippen LogP contribution is -2.40. The molecule has 2 aromatic rings. The zero-order valence-corrected chi connectivity index (χ0v) is 14.2. The number of nitrogens with one attached hydrogen (secondary N) is 1. The third-order valence-corrected chi connectivity index (χ3v) is 4.86. The molecule has 0 aromatic heterocycles. The maximum atomic E-state index is 12.4. The molecule has 24 heavy (non-hydrogen) atoms. The molecule has 0 spiro atoms. The Bertz CT molecular complexity index is 730. The van der Waals surface area contributed by atoms with Gasteiger partial charge in [0, 0.05) is 13.1 Å². The van der Waals surface area contributed by atoms with Crippen LogP contribution >= 0.6 is 0 Å². The van der Waals surface area contributed by atoms with E-state index in [1.807, 2.05) is 36.4 Å².